The van der Waals surface area contributed by atoms with Gasteiger partial charge in [0, 0.05) is 18.6 Å². The summed E-state index contributed by atoms with van der Waals surface area (Å²) in [6.07, 6.45) is 2.63. The van der Waals surface area contributed by atoms with Gasteiger partial charge in [-0.15, -0.1) is 0 Å². The fourth-order valence-electron chi connectivity index (χ4n) is 4.29. The number of carbonyl (C=O) groups is 1. The molecule has 3 aromatic rings. The summed E-state index contributed by atoms with van der Waals surface area (Å²) >= 11 is 0. The highest BCUT2D eigenvalue weighted by Crippen LogP contribution is 2.33. The molecule has 0 aliphatic carbocycles. The number of benzene rings is 3. The van der Waals surface area contributed by atoms with Gasteiger partial charge < -0.3 is 19.3 Å². The number of hydrogen-bond donors (Lipinski definition) is 1. The number of ether oxygens (including phenoxy) is 3. The van der Waals surface area contributed by atoms with E-state index < -0.39 is 0 Å². The van der Waals surface area contributed by atoms with Gasteiger partial charge in [0.25, 0.3) is 0 Å². The zero-order chi connectivity index (χ0) is 25.5. The van der Waals surface area contributed by atoms with Crippen molar-refractivity contribution in [1.82, 2.24) is 0 Å². The van der Waals surface area contributed by atoms with Crippen LogP contribution in [0.5, 0.6) is 11.5 Å². The van der Waals surface area contributed by atoms with Crippen LogP contribution in [-0.2, 0) is 16.1 Å². The summed E-state index contributed by atoms with van der Waals surface area (Å²) in [5.74, 6) is 0.404. The second-order valence-electron chi connectivity index (χ2n) is 8.94. The Balaban J connectivity index is 1.51. The molecule has 1 fully saturated rings. The Bertz CT molecular complexity index is 1240. The van der Waals surface area contributed by atoms with Gasteiger partial charge >= 0.3 is 0 Å². The van der Waals surface area contributed by atoms with E-state index in [0.717, 1.165) is 36.0 Å². The largest absolute Gasteiger partial charge is 0.507 e. The molecule has 0 bridgehead atoms. The lowest BCUT2D eigenvalue weighted by Crippen LogP contribution is -2.25. The molecule has 1 aliphatic heterocycles. The molecule has 0 aromatic heterocycles. The molecule has 1 N–H and O–H groups in total. The van der Waals surface area contributed by atoms with Crippen molar-refractivity contribution >= 4 is 5.78 Å². The maximum atomic E-state index is 12.0. The number of rotatable bonds is 9. The van der Waals surface area contributed by atoms with Crippen molar-refractivity contribution in [2.45, 2.75) is 58.5 Å². The third-order valence-corrected chi connectivity index (χ3v) is 6.42. The molecule has 1 heterocycles. The third kappa shape index (κ3) is 5.93. The van der Waals surface area contributed by atoms with E-state index in [1.807, 2.05) is 42.5 Å². The number of ketones is 1. The van der Waals surface area contributed by atoms with E-state index in [1.54, 1.807) is 32.0 Å². The van der Waals surface area contributed by atoms with E-state index >= 15 is 0 Å². The molecule has 4 rings (SSSR count). The third-order valence-electron chi connectivity index (χ3n) is 6.42. The molecule has 3 aromatic carbocycles. The first-order valence-corrected chi connectivity index (χ1v) is 12.3. The first kappa shape index (κ1) is 25.4. The molecular formula is C30H31NO5. The van der Waals surface area contributed by atoms with Gasteiger partial charge in [-0.25, -0.2) is 0 Å². The lowest BCUT2D eigenvalue weighted by molar-refractivity contribution is -0.181. The second kappa shape index (κ2) is 11.9. The summed E-state index contributed by atoms with van der Waals surface area (Å²) in [5.41, 5.74) is 4.26. The predicted molar refractivity (Wildman–Crippen MR) is 136 cm³/mol. The van der Waals surface area contributed by atoms with Gasteiger partial charge in [-0.2, -0.15) is 5.26 Å². The smallest absolute Gasteiger partial charge is 0.166 e. The minimum atomic E-state index is -0.362. The fourth-order valence-corrected chi connectivity index (χ4v) is 4.29. The van der Waals surface area contributed by atoms with Crippen LogP contribution < -0.4 is 4.74 Å². The SMILES string of the molecule is CCC(=O)c1ccc(OCc2ccc(C(OC3CCCCO3)c3cccc(C#N)c3)cc2)c(C)c1O. The van der Waals surface area contributed by atoms with Crippen LogP contribution in [0.15, 0.2) is 60.7 Å². The Morgan fingerprint density at radius 1 is 1.14 bits per heavy atom. The lowest BCUT2D eigenvalue weighted by atomic mass is 9.98. The van der Waals surface area contributed by atoms with E-state index in [9.17, 15) is 15.2 Å². The van der Waals surface area contributed by atoms with Crippen molar-refractivity contribution in [3.63, 3.8) is 0 Å². The Kier molecular flexibility index (Phi) is 8.37. The predicted octanol–water partition coefficient (Wildman–Crippen LogP) is 6.38. The van der Waals surface area contributed by atoms with E-state index in [-0.39, 0.29) is 23.9 Å². The average Bonchev–Trinajstić information content (AvgIpc) is 2.93. The van der Waals surface area contributed by atoms with Crippen molar-refractivity contribution in [2.24, 2.45) is 0 Å². The van der Waals surface area contributed by atoms with E-state index in [0.29, 0.717) is 42.1 Å². The van der Waals surface area contributed by atoms with E-state index in [4.69, 9.17) is 14.2 Å². The number of aromatic hydroxyl groups is 1. The van der Waals surface area contributed by atoms with Gasteiger partial charge in [-0.3, -0.25) is 4.79 Å². The molecule has 0 radical (unpaired) electrons. The minimum absolute atomic E-state index is 0.0285. The Morgan fingerprint density at radius 3 is 2.64 bits per heavy atom. The van der Waals surface area contributed by atoms with Gasteiger partial charge in [-0.05, 0) is 67.1 Å². The summed E-state index contributed by atoms with van der Waals surface area (Å²) in [6, 6.07) is 21.0. The molecule has 1 aliphatic rings. The summed E-state index contributed by atoms with van der Waals surface area (Å²) in [4.78, 5) is 12.0. The molecule has 1 saturated heterocycles. The Morgan fingerprint density at radius 2 is 1.94 bits per heavy atom. The Hall–Kier alpha value is -3.66. The van der Waals surface area contributed by atoms with Crippen LogP contribution in [0, 0.1) is 18.3 Å². The molecule has 6 nitrogen and oxygen atoms in total. The minimum Gasteiger partial charge on any atom is -0.507 e. The monoisotopic (exact) mass is 485 g/mol. The topological polar surface area (TPSA) is 88.8 Å². The van der Waals surface area contributed by atoms with Crippen LogP contribution in [0.3, 0.4) is 0 Å². The highest BCUT2D eigenvalue weighted by atomic mass is 16.7. The first-order chi connectivity index (χ1) is 17.5. The van der Waals surface area contributed by atoms with Crippen LogP contribution in [0.25, 0.3) is 0 Å². The van der Waals surface area contributed by atoms with Crippen LogP contribution in [-0.4, -0.2) is 23.8 Å². The van der Waals surface area contributed by atoms with Crippen molar-refractivity contribution in [2.75, 3.05) is 6.61 Å². The first-order valence-electron chi connectivity index (χ1n) is 12.3. The Labute approximate surface area is 212 Å². The number of nitrogens with zero attached hydrogens (tertiary/aromatic N) is 1. The number of Topliss-reactive ketones (excluding diaryl/α,β-unsaturated/α-hetero) is 1. The maximum absolute atomic E-state index is 12.0. The number of carbonyl (C=O) groups excluding carboxylic acids is 1. The van der Waals surface area contributed by atoms with Crippen LogP contribution >= 0.6 is 0 Å². The summed E-state index contributed by atoms with van der Waals surface area (Å²) in [6.45, 7) is 4.51. The molecule has 0 saturated carbocycles. The normalized spacial score (nSPS) is 16.2. The fraction of sp³-hybridized carbons (Fsp3) is 0.333. The van der Waals surface area contributed by atoms with Gasteiger partial charge in [0.1, 0.15) is 24.2 Å². The molecule has 36 heavy (non-hydrogen) atoms. The molecule has 186 valence electrons. The van der Waals surface area contributed by atoms with Gasteiger partial charge in [0.05, 0.1) is 17.2 Å². The van der Waals surface area contributed by atoms with Gasteiger partial charge in [-0.1, -0.05) is 43.3 Å². The standard InChI is InChI=1S/C30H31NO5/c1-3-26(32)25-14-15-27(20(2)29(25)33)35-19-21-10-12-23(13-11-21)30(36-28-9-4-5-16-34-28)24-8-6-7-22(17-24)18-31/h6-8,10-15,17,28,30,33H,3-5,9,16,19H2,1-2H3. The van der Waals surface area contributed by atoms with E-state index in [2.05, 4.69) is 6.07 Å². The summed E-state index contributed by atoms with van der Waals surface area (Å²) < 4.78 is 18.2. The highest BCUT2D eigenvalue weighted by molar-refractivity contribution is 5.99. The van der Waals surface area contributed by atoms with Crippen molar-refractivity contribution < 1.29 is 24.1 Å². The van der Waals surface area contributed by atoms with Gasteiger partial charge in [0.15, 0.2) is 12.1 Å². The van der Waals surface area contributed by atoms with Crippen molar-refractivity contribution in [1.29, 1.82) is 5.26 Å². The van der Waals surface area contributed by atoms with Crippen molar-refractivity contribution in [3.8, 4) is 17.6 Å². The van der Waals surface area contributed by atoms with Crippen LogP contribution in [0.1, 0.15) is 76.9 Å². The number of phenols is 1. The highest BCUT2D eigenvalue weighted by Gasteiger charge is 2.23. The number of phenolic OH excluding ortho intramolecular Hbond substituents is 1. The summed E-state index contributed by atoms with van der Waals surface area (Å²) in [5, 5.41) is 19.8. The van der Waals surface area contributed by atoms with Gasteiger partial charge in [0.2, 0.25) is 0 Å². The molecule has 0 spiro atoms. The second-order valence-corrected chi connectivity index (χ2v) is 8.94. The van der Waals surface area contributed by atoms with Crippen LogP contribution in [0.4, 0.5) is 0 Å². The van der Waals surface area contributed by atoms with Crippen molar-refractivity contribution in [3.05, 3.63) is 94.0 Å². The zero-order valence-corrected chi connectivity index (χ0v) is 20.7. The molecule has 6 heteroatoms. The molecule has 0 amide bonds. The number of nitriles is 1. The number of hydrogen-bond acceptors (Lipinski definition) is 6. The molecular weight excluding hydrogens is 454 g/mol. The molecule has 2 atom stereocenters. The zero-order valence-electron chi connectivity index (χ0n) is 20.7. The summed E-state index contributed by atoms with van der Waals surface area (Å²) in [7, 11) is 0. The quantitative estimate of drug-likeness (QED) is 0.354. The average molecular weight is 486 g/mol. The molecule has 2 unspecified atom stereocenters. The lowest BCUT2D eigenvalue weighted by Gasteiger charge is -2.28. The van der Waals surface area contributed by atoms with E-state index in [1.165, 1.54) is 0 Å². The maximum Gasteiger partial charge on any atom is 0.166 e. The van der Waals surface area contributed by atoms with Crippen LogP contribution in [0.2, 0.25) is 0 Å².